The Labute approximate surface area is 124 Å². The zero-order chi connectivity index (χ0) is 15.4. The maximum Gasteiger partial charge on any atom is 0.254 e. The molecule has 1 aromatic heterocycles. The fourth-order valence-electron chi connectivity index (χ4n) is 2.34. The van der Waals surface area contributed by atoms with Crippen molar-refractivity contribution in [2.24, 2.45) is 0 Å². The molecule has 2 aromatic rings. The first kappa shape index (κ1) is 15.2. The van der Waals surface area contributed by atoms with Gasteiger partial charge in [-0.3, -0.25) is 14.2 Å². The standard InChI is InChI=1S/C17H20N2O2/c1-4-5-14-6-8-15(9-7-14)16(20)11-19-13(3)18-12(2)10-17(19)21/h6-10H,4-5,11H2,1-3H3. The number of Topliss-reactive ketones (excluding diaryl/α,β-unsaturated/α-hetero) is 1. The maximum absolute atomic E-state index is 12.3. The molecular weight excluding hydrogens is 264 g/mol. The molecular formula is C17H20N2O2. The minimum Gasteiger partial charge on any atom is -0.292 e. The number of hydrogen-bond acceptors (Lipinski definition) is 3. The zero-order valence-corrected chi connectivity index (χ0v) is 12.7. The molecule has 21 heavy (non-hydrogen) atoms. The second kappa shape index (κ2) is 6.48. The van der Waals surface area contributed by atoms with Crippen LogP contribution in [-0.2, 0) is 13.0 Å². The van der Waals surface area contributed by atoms with E-state index in [4.69, 9.17) is 0 Å². The van der Waals surface area contributed by atoms with Gasteiger partial charge in [0.05, 0.1) is 6.54 Å². The Hall–Kier alpha value is -2.23. The maximum atomic E-state index is 12.3. The van der Waals surface area contributed by atoms with Crippen molar-refractivity contribution in [3.63, 3.8) is 0 Å². The van der Waals surface area contributed by atoms with Crippen molar-refractivity contribution in [1.29, 1.82) is 0 Å². The van der Waals surface area contributed by atoms with Gasteiger partial charge in [-0.25, -0.2) is 4.98 Å². The molecule has 0 saturated heterocycles. The van der Waals surface area contributed by atoms with Crippen LogP contribution in [-0.4, -0.2) is 15.3 Å². The average molecular weight is 284 g/mol. The van der Waals surface area contributed by atoms with Gasteiger partial charge in [-0.05, 0) is 25.8 Å². The molecule has 0 radical (unpaired) electrons. The van der Waals surface area contributed by atoms with E-state index in [0.29, 0.717) is 17.1 Å². The van der Waals surface area contributed by atoms with Gasteiger partial charge in [-0.1, -0.05) is 37.6 Å². The Morgan fingerprint density at radius 3 is 2.43 bits per heavy atom. The summed E-state index contributed by atoms with van der Waals surface area (Å²) in [4.78, 5) is 28.5. The molecule has 4 nitrogen and oxygen atoms in total. The van der Waals surface area contributed by atoms with Gasteiger partial charge in [0.2, 0.25) is 0 Å². The van der Waals surface area contributed by atoms with E-state index in [1.54, 1.807) is 13.8 Å². The van der Waals surface area contributed by atoms with Gasteiger partial charge in [0.25, 0.3) is 5.56 Å². The Morgan fingerprint density at radius 2 is 1.86 bits per heavy atom. The van der Waals surface area contributed by atoms with Crippen LogP contribution in [0.1, 0.15) is 40.8 Å². The molecule has 0 spiro atoms. The molecule has 0 fully saturated rings. The van der Waals surface area contributed by atoms with Crippen molar-refractivity contribution in [2.75, 3.05) is 0 Å². The molecule has 0 aliphatic heterocycles. The van der Waals surface area contributed by atoms with E-state index in [1.807, 2.05) is 24.3 Å². The van der Waals surface area contributed by atoms with E-state index in [0.717, 1.165) is 12.8 Å². The van der Waals surface area contributed by atoms with Crippen LogP contribution in [0.25, 0.3) is 0 Å². The fourth-order valence-corrected chi connectivity index (χ4v) is 2.34. The molecule has 1 heterocycles. The van der Waals surface area contributed by atoms with Crippen molar-refractivity contribution >= 4 is 5.78 Å². The Morgan fingerprint density at radius 1 is 1.19 bits per heavy atom. The molecule has 0 N–H and O–H groups in total. The van der Waals surface area contributed by atoms with Crippen molar-refractivity contribution in [2.45, 2.75) is 40.2 Å². The van der Waals surface area contributed by atoms with Gasteiger partial charge in [-0.2, -0.15) is 0 Å². The Bertz CT molecular complexity index is 700. The van der Waals surface area contributed by atoms with E-state index in [-0.39, 0.29) is 17.9 Å². The predicted molar refractivity (Wildman–Crippen MR) is 82.7 cm³/mol. The lowest BCUT2D eigenvalue weighted by atomic mass is 10.1. The third-order valence-corrected chi connectivity index (χ3v) is 3.44. The topological polar surface area (TPSA) is 52.0 Å². The largest absolute Gasteiger partial charge is 0.292 e. The smallest absolute Gasteiger partial charge is 0.254 e. The van der Waals surface area contributed by atoms with Crippen LogP contribution in [0.3, 0.4) is 0 Å². The number of nitrogens with zero attached hydrogens (tertiary/aromatic N) is 2. The quantitative estimate of drug-likeness (QED) is 0.793. The predicted octanol–water partition coefficient (Wildman–Crippen LogP) is 2.70. The number of carbonyl (C=O) groups excluding carboxylic acids is 1. The summed E-state index contributed by atoms with van der Waals surface area (Å²) < 4.78 is 1.41. The van der Waals surface area contributed by atoms with Crippen LogP contribution in [0.5, 0.6) is 0 Å². The van der Waals surface area contributed by atoms with E-state index < -0.39 is 0 Å². The summed E-state index contributed by atoms with van der Waals surface area (Å²) in [7, 11) is 0. The van der Waals surface area contributed by atoms with E-state index in [1.165, 1.54) is 16.2 Å². The highest BCUT2D eigenvalue weighted by Crippen LogP contribution is 2.08. The van der Waals surface area contributed by atoms with Crippen molar-refractivity contribution < 1.29 is 4.79 Å². The highest BCUT2D eigenvalue weighted by atomic mass is 16.1. The molecule has 2 rings (SSSR count). The van der Waals surface area contributed by atoms with E-state index in [2.05, 4.69) is 11.9 Å². The molecule has 0 bridgehead atoms. The van der Waals surface area contributed by atoms with Gasteiger partial charge in [-0.15, -0.1) is 0 Å². The molecule has 0 atom stereocenters. The van der Waals surface area contributed by atoms with Crippen LogP contribution < -0.4 is 5.56 Å². The highest BCUT2D eigenvalue weighted by molar-refractivity contribution is 5.95. The first-order valence-corrected chi connectivity index (χ1v) is 7.18. The lowest BCUT2D eigenvalue weighted by Gasteiger charge is -2.09. The summed E-state index contributed by atoms with van der Waals surface area (Å²) in [5.74, 6) is 0.491. The number of rotatable bonds is 5. The Balaban J connectivity index is 2.20. The fraction of sp³-hybridized carbons (Fsp3) is 0.353. The minimum atomic E-state index is -0.184. The second-order valence-electron chi connectivity index (χ2n) is 5.24. The minimum absolute atomic E-state index is 0.0328. The third-order valence-electron chi connectivity index (χ3n) is 3.44. The van der Waals surface area contributed by atoms with E-state index in [9.17, 15) is 9.59 Å². The van der Waals surface area contributed by atoms with Gasteiger partial charge in [0.15, 0.2) is 5.78 Å². The SMILES string of the molecule is CCCc1ccc(C(=O)Cn2c(C)nc(C)cc2=O)cc1. The van der Waals surface area contributed by atoms with Crippen LogP contribution in [0.2, 0.25) is 0 Å². The molecule has 0 aliphatic carbocycles. The van der Waals surface area contributed by atoms with Crippen molar-refractivity contribution in [3.8, 4) is 0 Å². The summed E-state index contributed by atoms with van der Waals surface area (Å²) in [6.07, 6.45) is 2.09. The number of aromatic nitrogens is 2. The molecule has 0 unspecified atom stereocenters. The number of aryl methyl sites for hydroxylation is 3. The summed E-state index contributed by atoms with van der Waals surface area (Å²) >= 11 is 0. The number of carbonyl (C=O) groups is 1. The first-order chi connectivity index (χ1) is 10.0. The monoisotopic (exact) mass is 284 g/mol. The van der Waals surface area contributed by atoms with Gasteiger partial charge >= 0.3 is 0 Å². The lowest BCUT2D eigenvalue weighted by molar-refractivity contribution is 0.0969. The molecule has 0 aliphatic rings. The molecule has 4 heteroatoms. The summed E-state index contributed by atoms with van der Waals surface area (Å²) in [6, 6.07) is 9.05. The van der Waals surface area contributed by atoms with Crippen molar-refractivity contribution in [3.05, 3.63) is 63.3 Å². The highest BCUT2D eigenvalue weighted by Gasteiger charge is 2.10. The lowest BCUT2D eigenvalue weighted by Crippen LogP contribution is -2.27. The Kier molecular flexibility index (Phi) is 4.68. The van der Waals surface area contributed by atoms with Gasteiger partial charge in [0.1, 0.15) is 5.82 Å². The normalized spacial score (nSPS) is 10.6. The summed E-state index contributed by atoms with van der Waals surface area (Å²) in [6.45, 7) is 5.67. The van der Waals surface area contributed by atoms with Crippen LogP contribution >= 0.6 is 0 Å². The number of benzene rings is 1. The average Bonchev–Trinajstić information content (AvgIpc) is 2.43. The zero-order valence-electron chi connectivity index (χ0n) is 12.7. The molecule has 0 saturated carbocycles. The van der Waals surface area contributed by atoms with Crippen LogP contribution in [0.15, 0.2) is 35.1 Å². The van der Waals surface area contributed by atoms with Gasteiger partial charge in [0, 0.05) is 17.3 Å². The first-order valence-electron chi connectivity index (χ1n) is 7.18. The third kappa shape index (κ3) is 3.66. The molecule has 0 amide bonds. The molecule has 1 aromatic carbocycles. The molecule has 110 valence electrons. The van der Waals surface area contributed by atoms with E-state index >= 15 is 0 Å². The van der Waals surface area contributed by atoms with Crippen molar-refractivity contribution in [1.82, 2.24) is 9.55 Å². The van der Waals surface area contributed by atoms with Crippen LogP contribution in [0, 0.1) is 13.8 Å². The van der Waals surface area contributed by atoms with Crippen LogP contribution in [0.4, 0.5) is 0 Å². The van der Waals surface area contributed by atoms with Gasteiger partial charge < -0.3 is 0 Å². The number of hydrogen-bond donors (Lipinski definition) is 0. The second-order valence-corrected chi connectivity index (χ2v) is 5.24. The number of ketones is 1. The summed E-state index contributed by atoms with van der Waals surface area (Å²) in [5, 5.41) is 0. The summed E-state index contributed by atoms with van der Waals surface area (Å²) in [5.41, 5.74) is 2.34.